The quantitative estimate of drug-likeness (QED) is 0.786. The first-order chi connectivity index (χ1) is 11.2. The molecular formula is C17H18N4O2. The minimum atomic E-state index is -0.103. The van der Waals surface area contributed by atoms with Gasteiger partial charge in [0.05, 0.1) is 31.1 Å². The Kier molecular flexibility index (Phi) is 4.23. The first-order valence-corrected chi connectivity index (χ1v) is 7.45. The van der Waals surface area contributed by atoms with Crippen molar-refractivity contribution in [2.75, 3.05) is 11.9 Å². The second-order valence-corrected chi connectivity index (χ2v) is 5.19. The van der Waals surface area contributed by atoms with Gasteiger partial charge in [0, 0.05) is 24.1 Å². The number of ether oxygens (including phenoxy) is 1. The number of hydrogen-bond donors (Lipinski definition) is 1. The lowest BCUT2D eigenvalue weighted by atomic mass is 10.1. The monoisotopic (exact) mass is 310 g/mol. The van der Waals surface area contributed by atoms with E-state index in [-0.39, 0.29) is 5.91 Å². The summed E-state index contributed by atoms with van der Waals surface area (Å²) in [6, 6.07) is 8.34. The zero-order valence-electron chi connectivity index (χ0n) is 13.1. The van der Waals surface area contributed by atoms with Crippen molar-refractivity contribution in [3.8, 4) is 6.01 Å². The van der Waals surface area contributed by atoms with Crippen LogP contribution in [0, 0.1) is 0 Å². The standard InChI is InChI=1S/C17H18N4O2/c1-3-23-17-18-9-13(10-19-17)20-16(22)8-12-11-21(2)15-7-5-4-6-14(12)15/h4-7,9-11H,3,8H2,1-2H3,(H,20,22). The highest BCUT2D eigenvalue weighted by Crippen LogP contribution is 2.21. The van der Waals surface area contributed by atoms with Gasteiger partial charge in [0.25, 0.3) is 0 Å². The summed E-state index contributed by atoms with van der Waals surface area (Å²) in [5, 5.41) is 3.90. The number of hydrogen-bond acceptors (Lipinski definition) is 4. The Morgan fingerprint density at radius 2 is 2.00 bits per heavy atom. The molecule has 0 bridgehead atoms. The van der Waals surface area contributed by atoms with Gasteiger partial charge in [-0.3, -0.25) is 4.79 Å². The molecule has 0 unspecified atom stereocenters. The summed E-state index contributed by atoms with van der Waals surface area (Å²) >= 11 is 0. The molecule has 0 saturated carbocycles. The molecule has 1 amide bonds. The number of amides is 1. The molecule has 0 fully saturated rings. The van der Waals surface area contributed by atoms with Crippen LogP contribution in [0.5, 0.6) is 6.01 Å². The van der Waals surface area contributed by atoms with Crippen molar-refractivity contribution in [3.63, 3.8) is 0 Å². The normalized spacial score (nSPS) is 10.7. The third kappa shape index (κ3) is 3.31. The predicted molar refractivity (Wildman–Crippen MR) is 88.5 cm³/mol. The van der Waals surface area contributed by atoms with Crippen molar-refractivity contribution in [2.24, 2.45) is 7.05 Å². The number of rotatable bonds is 5. The highest BCUT2D eigenvalue weighted by molar-refractivity contribution is 5.95. The summed E-state index contributed by atoms with van der Waals surface area (Å²) < 4.78 is 7.20. The molecule has 1 N–H and O–H groups in total. The third-order valence-electron chi connectivity index (χ3n) is 3.52. The van der Waals surface area contributed by atoms with Crippen molar-refractivity contribution < 1.29 is 9.53 Å². The van der Waals surface area contributed by atoms with Gasteiger partial charge < -0.3 is 14.6 Å². The number of aryl methyl sites for hydroxylation is 1. The lowest BCUT2D eigenvalue weighted by molar-refractivity contribution is -0.115. The Morgan fingerprint density at radius 3 is 2.74 bits per heavy atom. The van der Waals surface area contributed by atoms with E-state index in [1.54, 1.807) is 12.4 Å². The van der Waals surface area contributed by atoms with Crippen LogP contribution in [0.25, 0.3) is 10.9 Å². The average molecular weight is 310 g/mol. The number of nitrogens with zero attached hydrogens (tertiary/aromatic N) is 3. The average Bonchev–Trinajstić information content (AvgIpc) is 2.86. The molecule has 0 radical (unpaired) electrons. The molecule has 1 aromatic carbocycles. The van der Waals surface area contributed by atoms with E-state index in [1.165, 1.54) is 0 Å². The molecule has 6 nitrogen and oxygen atoms in total. The third-order valence-corrected chi connectivity index (χ3v) is 3.52. The topological polar surface area (TPSA) is 69.0 Å². The summed E-state index contributed by atoms with van der Waals surface area (Å²) in [4.78, 5) is 20.3. The molecule has 0 aliphatic rings. The number of fused-ring (bicyclic) bond motifs is 1. The van der Waals surface area contributed by atoms with Crippen molar-refractivity contribution in [3.05, 3.63) is 48.4 Å². The first kappa shape index (κ1) is 15.0. The molecule has 23 heavy (non-hydrogen) atoms. The minimum Gasteiger partial charge on any atom is -0.464 e. The van der Waals surface area contributed by atoms with Crippen molar-refractivity contribution in [1.29, 1.82) is 0 Å². The number of carbonyl (C=O) groups excluding carboxylic acids is 1. The lowest BCUT2D eigenvalue weighted by Crippen LogP contribution is -2.14. The van der Waals surface area contributed by atoms with E-state index in [0.29, 0.717) is 24.7 Å². The Morgan fingerprint density at radius 1 is 1.26 bits per heavy atom. The smallest absolute Gasteiger partial charge is 0.316 e. The van der Waals surface area contributed by atoms with Crippen molar-refractivity contribution >= 4 is 22.5 Å². The van der Waals surface area contributed by atoms with Gasteiger partial charge in [0.1, 0.15) is 0 Å². The second kappa shape index (κ2) is 6.48. The molecular weight excluding hydrogens is 292 g/mol. The van der Waals surface area contributed by atoms with Gasteiger partial charge >= 0.3 is 6.01 Å². The van der Waals surface area contributed by atoms with E-state index >= 15 is 0 Å². The Balaban J connectivity index is 1.71. The molecule has 6 heteroatoms. The van der Waals surface area contributed by atoms with Crippen LogP contribution in [0.1, 0.15) is 12.5 Å². The SMILES string of the molecule is CCOc1ncc(NC(=O)Cc2cn(C)c3ccccc23)cn1. The number of carbonyl (C=O) groups is 1. The lowest BCUT2D eigenvalue weighted by Gasteiger charge is -2.05. The van der Waals surface area contributed by atoms with Gasteiger partial charge in [-0.2, -0.15) is 0 Å². The molecule has 3 aromatic rings. The van der Waals surface area contributed by atoms with E-state index in [1.807, 2.05) is 49.0 Å². The summed E-state index contributed by atoms with van der Waals surface area (Å²) in [6.45, 7) is 2.37. The molecule has 0 atom stereocenters. The van der Waals surface area contributed by atoms with Crippen LogP contribution in [0.3, 0.4) is 0 Å². The number of benzene rings is 1. The van der Waals surface area contributed by atoms with E-state index in [0.717, 1.165) is 16.5 Å². The van der Waals surface area contributed by atoms with Gasteiger partial charge in [0.2, 0.25) is 5.91 Å². The number of anilines is 1. The van der Waals surface area contributed by atoms with E-state index < -0.39 is 0 Å². The molecule has 0 spiro atoms. The fourth-order valence-electron chi connectivity index (χ4n) is 2.53. The predicted octanol–water partition coefficient (Wildman–Crippen LogP) is 2.55. The van der Waals surface area contributed by atoms with E-state index in [4.69, 9.17) is 4.74 Å². The summed E-state index contributed by atoms with van der Waals surface area (Å²) in [6.07, 6.45) is 5.37. The van der Waals surface area contributed by atoms with E-state index in [2.05, 4.69) is 15.3 Å². The maximum Gasteiger partial charge on any atom is 0.316 e. The largest absolute Gasteiger partial charge is 0.464 e. The van der Waals surface area contributed by atoms with Crippen LogP contribution in [-0.4, -0.2) is 27.0 Å². The molecule has 2 heterocycles. The summed E-state index contributed by atoms with van der Waals surface area (Å²) in [5.41, 5.74) is 2.66. The molecule has 0 saturated heterocycles. The van der Waals surface area contributed by atoms with Gasteiger partial charge in [0.15, 0.2) is 0 Å². The fraction of sp³-hybridized carbons (Fsp3) is 0.235. The van der Waals surface area contributed by atoms with Gasteiger partial charge in [-0.25, -0.2) is 9.97 Å². The molecule has 0 aliphatic carbocycles. The molecule has 118 valence electrons. The molecule has 2 aromatic heterocycles. The van der Waals surface area contributed by atoms with Gasteiger partial charge in [-0.05, 0) is 18.6 Å². The van der Waals surface area contributed by atoms with Crippen LogP contribution >= 0.6 is 0 Å². The Hall–Kier alpha value is -2.89. The first-order valence-electron chi connectivity index (χ1n) is 7.45. The summed E-state index contributed by atoms with van der Waals surface area (Å²) in [7, 11) is 1.98. The highest BCUT2D eigenvalue weighted by Gasteiger charge is 2.11. The number of para-hydroxylation sites is 1. The molecule has 3 rings (SSSR count). The van der Waals surface area contributed by atoms with Crippen LogP contribution in [0.4, 0.5) is 5.69 Å². The van der Waals surface area contributed by atoms with E-state index in [9.17, 15) is 4.79 Å². The van der Waals surface area contributed by atoms with Crippen LogP contribution in [-0.2, 0) is 18.3 Å². The Bertz CT molecular complexity index is 824. The molecule has 0 aliphatic heterocycles. The minimum absolute atomic E-state index is 0.103. The fourth-order valence-corrected chi connectivity index (χ4v) is 2.53. The summed E-state index contributed by atoms with van der Waals surface area (Å²) in [5.74, 6) is -0.103. The van der Waals surface area contributed by atoms with Crippen LogP contribution in [0.2, 0.25) is 0 Å². The van der Waals surface area contributed by atoms with Crippen molar-refractivity contribution in [2.45, 2.75) is 13.3 Å². The van der Waals surface area contributed by atoms with Gasteiger partial charge in [-0.15, -0.1) is 0 Å². The van der Waals surface area contributed by atoms with Crippen LogP contribution in [0.15, 0.2) is 42.9 Å². The maximum atomic E-state index is 12.2. The highest BCUT2D eigenvalue weighted by atomic mass is 16.5. The maximum absolute atomic E-state index is 12.2. The van der Waals surface area contributed by atoms with Crippen molar-refractivity contribution in [1.82, 2.24) is 14.5 Å². The van der Waals surface area contributed by atoms with Crippen LogP contribution < -0.4 is 10.1 Å². The second-order valence-electron chi connectivity index (χ2n) is 5.19. The number of aromatic nitrogens is 3. The zero-order valence-corrected chi connectivity index (χ0v) is 13.1. The number of nitrogens with one attached hydrogen (secondary N) is 1. The zero-order chi connectivity index (χ0) is 16.2. The van der Waals surface area contributed by atoms with Gasteiger partial charge in [-0.1, -0.05) is 18.2 Å². The Labute approximate surface area is 134 Å².